The Labute approximate surface area is 76.3 Å². The topological polar surface area (TPSA) is 34.9 Å². The third kappa shape index (κ3) is 1.50. The van der Waals surface area contributed by atoms with Crippen LogP contribution in [0, 0.1) is 0 Å². The first kappa shape index (κ1) is 9.26. The SMILES string of the molecule is CCC(C)n1ncc(Cl)c1C=O. The maximum Gasteiger partial charge on any atom is 0.169 e. The maximum atomic E-state index is 10.6. The third-order valence-corrected chi connectivity index (χ3v) is 2.20. The summed E-state index contributed by atoms with van der Waals surface area (Å²) in [5.41, 5.74) is 0.464. The molecule has 0 saturated heterocycles. The molecule has 0 saturated carbocycles. The Morgan fingerprint density at radius 1 is 1.83 bits per heavy atom. The van der Waals surface area contributed by atoms with Crippen molar-refractivity contribution in [2.75, 3.05) is 0 Å². The minimum atomic E-state index is 0.220. The van der Waals surface area contributed by atoms with E-state index in [1.807, 2.05) is 13.8 Å². The number of hydrogen-bond donors (Lipinski definition) is 0. The zero-order valence-electron chi connectivity index (χ0n) is 7.12. The van der Waals surface area contributed by atoms with E-state index in [0.29, 0.717) is 10.7 Å². The average molecular weight is 187 g/mol. The standard InChI is InChI=1S/C8H11ClN2O/c1-3-6(2)11-8(5-12)7(9)4-10-11/h4-6H,3H2,1-2H3. The van der Waals surface area contributed by atoms with E-state index in [4.69, 9.17) is 11.6 Å². The van der Waals surface area contributed by atoms with Gasteiger partial charge in [-0.3, -0.25) is 9.48 Å². The molecule has 0 bridgehead atoms. The molecule has 3 nitrogen and oxygen atoms in total. The molecule has 0 aliphatic heterocycles. The van der Waals surface area contributed by atoms with E-state index in [9.17, 15) is 4.79 Å². The fourth-order valence-corrected chi connectivity index (χ4v) is 1.16. The van der Waals surface area contributed by atoms with Crippen LogP contribution in [0.5, 0.6) is 0 Å². The monoisotopic (exact) mass is 186 g/mol. The van der Waals surface area contributed by atoms with Crippen molar-refractivity contribution in [3.63, 3.8) is 0 Å². The number of aromatic nitrogens is 2. The quantitative estimate of drug-likeness (QED) is 0.680. The molecular formula is C8H11ClN2O. The summed E-state index contributed by atoms with van der Waals surface area (Å²) in [6.07, 6.45) is 3.16. The van der Waals surface area contributed by atoms with Crippen LogP contribution in [0.4, 0.5) is 0 Å². The lowest BCUT2D eigenvalue weighted by atomic mass is 10.2. The molecule has 0 fully saturated rings. The summed E-state index contributed by atoms with van der Waals surface area (Å²) in [6.45, 7) is 4.03. The lowest BCUT2D eigenvalue weighted by Gasteiger charge is -2.10. The third-order valence-electron chi connectivity index (χ3n) is 1.91. The molecule has 66 valence electrons. The first-order valence-corrected chi connectivity index (χ1v) is 4.26. The van der Waals surface area contributed by atoms with Gasteiger partial charge in [-0.2, -0.15) is 5.10 Å². The highest BCUT2D eigenvalue weighted by Crippen LogP contribution is 2.18. The van der Waals surface area contributed by atoms with Crippen molar-refractivity contribution >= 4 is 17.9 Å². The van der Waals surface area contributed by atoms with Crippen molar-refractivity contribution in [1.29, 1.82) is 0 Å². The number of halogens is 1. The summed E-state index contributed by atoms with van der Waals surface area (Å²) in [5, 5.41) is 4.43. The Hall–Kier alpha value is -0.830. The number of carbonyl (C=O) groups is 1. The van der Waals surface area contributed by atoms with Crippen LogP contribution in [0.2, 0.25) is 5.02 Å². The van der Waals surface area contributed by atoms with Gasteiger partial charge >= 0.3 is 0 Å². The second-order valence-electron chi connectivity index (χ2n) is 2.70. The minimum Gasteiger partial charge on any atom is -0.296 e. The molecule has 1 aromatic heterocycles. The Morgan fingerprint density at radius 2 is 2.50 bits per heavy atom. The normalized spacial score (nSPS) is 12.9. The number of hydrogen-bond acceptors (Lipinski definition) is 2. The van der Waals surface area contributed by atoms with E-state index in [-0.39, 0.29) is 6.04 Å². The largest absolute Gasteiger partial charge is 0.296 e. The molecule has 1 atom stereocenters. The molecule has 4 heteroatoms. The van der Waals surface area contributed by atoms with Crippen molar-refractivity contribution in [3.8, 4) is 0 Å². The highest BCUT2D eigenvalue weighted by molar-refractivity contribution is 6.32. The van der Waals surface area contributed by atoms with Crippen LogP contribution < -0.4 is 0 Å². The molecule has 0 amide bonds. The van der Waals surface area contributed by atoms with Gasteiger partial charge in [0.1, 0.15) is 5.69 Å². The molecule has 12 heavy (non-hydrogen) atoms. The summed E-state index contributed by atoms with van der Waals surface area (Å²) < 4.78 is 1.65. The van der Waals surface area contributed by atoms with Crippen molar-refractivity contribution in [1.82, 2.24) is 9.78 Å². The zero-order chi connectivity index (χ0) is 9.14. The van der Waals surface area contributed by atoms with Crippen molar-refractivity contribution in [2.45, 2.75) is 26.3 Å². The van der Waals surface area contributed by atoms with E-state index in [1.54, 1.807) is 4.68 Å². The Balaban J connectivity index is 3.06. The van der Waals surface area contributed by atoms with Crippen molar-refractivity contribution < 1.29 is 4.79 Å². The highest BCUT2D eigenvalue weighted by atomic mass is 35.5. The van der Waals surface area contributed by atoms with Crippen LogP contribution >= 0.6 is 11.6 Å². The van der Waals surface area contributed by atoms with Gasteiger partial charge in [-0.25, -0.2) is 0 Å². The van der Waals surface area contributed by atoms with Crippen LogP contribution in [-0.4, -0.2) is 16.1 Å². The van der Waals surface area contributed by atoms with Crippen molar-refractivity contribution in [3.05, 3.63) is 16.9 Å². The number of rotatable bonds is 3. The van der Waals surface area contributed by atoms with E-state index in [2.05, 4.69) is 5.10 Å². The molecule has 0 aromatic carbocycles. The fourth-order valence-electron chi connectivity index (χ4n) is 0.985. The summed E-state index contributed by atoms with van der Waals surface area (Å²) in [4.78, 5) is 10.6. The van der Waals surface area contributed by atoms with Crippen LogP contribution in [-0.2, 0) is 0 Å². The first-order chi connectivity index (χ1) is 5.70. The number of nitrogens with zero attached hydrogens (tertiary/aromatic N) is 2. The molecule has 0 aliphatic carbocycles. The van der Waals surface area contributed by atoms with Gasteiger partial charge in [0.25, 0.3) is 0 Å². The smallest absolute Gasteiger partial charge is 0.169 e. The maximum absolute atomic E-state index is 10.6. The van der Waals surface area contributed by atoms with Crippen LogP contribution in [0.15, 0.2) is 6.20 Å². The summed E-state index contributed by atoms with van der Waals surface area (Å²) in [7, 11) is 0. The number of carbonyl (C=O) groups excluding carboxylic acids is 1. The predicted octanol–water partition coefficient (Wildman–Crippen LogP) is 2.32. The van der Waals surface area contributed by atoms with Crippen LogP contribution in [0.3, 0.4) is 0 Å². The van der Waals surface area contributed by atoms with Crippen LogP contribution in [0.25, 0.3) is 0 Å². The lowest BCUT2D eigenvalue weighted by molar-refractivity contribution is 0.111. The molecule has 1 rings (SSSR count). The molecule has 0 N–H and O–H groups in total. The molecule has 0 radical (unpaired) electrons. The molecule has 0 spiro atoms. The van der Waals surface area contributed by atoms with E-state index in [1.165, 1.54) is 6.20 Å². The molecule has 1 heterocycles. The fraction of sp³-hybridized carbons (Fsp3) is 0.500. The minimum absolute atomic E-state index is 0.220. The van der Waals surface area contributed by atoms with Gasteiger partial charge in [-0.05, 0) is 13.3 Å². The summed E-state index contributed by atoms with van der Waals surface area (Å²) >= 11 is 5.73. The second-order valence-corrected chi connectivity index (χ2v) is 3.10. The first-order valence-electron chi connectivity index (χ1n) is 3.88. The molecule has 1 aromatic rings. The second kappa shape index (κ2) is 3.72. The van der Waals surface area contributed by atoms with Crippen molar-refractivity contribution in [2.24, 2.45) is 0 Å². The lowest BCUT2D eigenvalue weighted by Crippen LogP contribution is -2.09. The van der Waals surface area contributed by atoms with E-state index >= 15 is 0 Å². The average Bonchev–Trinajstić information content (AvgIpc) is 2.45. The predicted molar refractivity (Wildman–Crippen MR) is 47.6 cm³/mol. The Bertz CT molecular complexity index is 283. The van der Waals surface area contributed by atoms with Crippen LogP contribution in [0.1, 0.15) is 36.8 Å². The molecule has 0 aliphatic rings. The van der Waals surface area contributed by atoms with Gasteiger partial charge in [0.05, 0.1) is 11.2 Å². The van der Waals surface area contributed by atoms with E-state index in [0.717, 1.165) is 12.7 Å². The Kier molecular flexibility index (Phi) is 2.87. The van der Waals surface area contributed by atoms with Gasteiger partial charge in [0.2, 0.25) is 0 Å². The summed E-state index contributed by atoms with van der Waals surface area (Å²) in [5.74, 6) is 0. The van der Waals surface area contributed by atoms with E-state index < -0.39 is 0 Å². The zero-order valence-corrected chi connectivity index (χ0v) is 7.88. The van der Waals surface area contributed by atoms with Gasteiger partial charge in [0, 0.05) is 6.04 Å². The van der Waals surface area contributed by atoms with Gasteiger partial charge in [-0.1, -0.05) is 18.5 Å². The number of aldehydes is 1. The molecule has 1 unspecified atom stereocenters. The Morgan fingerprint density at radius 3 is 3.00 bits per heavy atom. The summed E-state index contributed by atoms with van der Waals surface area (Å²) in [6, 6.07) is 0.220. The van der Waals surface area contributed by atoms with Gasteiger partial charge in [0.15, 0.2) is 6.29 Å². The molecular weight excluding hydrogens is 176 g/mol. The van der Waals surface area contributed by atoms with Gasteiger partial charge in [-0.15, -0.1) is 0 Å². The van der Waals surface area contributed by atoms with Gasteiger partial charge < -0.3 is 0 Å². The highest BCUT2D eigenvalue weighted by Gasteiger charge is 2.11.